The zero-order valence-corrected chi connectivity index (χ0v) is 16.9. The molecule has 26 heavy (non-hydrogen) atoms. The van der Waals surface area contributed by atoms with Gasteiger partial charge in [0.15, 0.2) is 5.13 Å². The van der Waals surface area contributed by atoms with E-state index in [0.717, 1.165) is 22.3 Å². The van der Waals surface area contributed by atoms with Crippen molar-refractivity contribution in [3.05, 3.63) is 47.5 Å². The highest BCUT2D eigenvalue weighted by atomic mass is 35.5. The van der Waals surface area contributed by atoms with Gasteiger partial charge in [0.2, 0.25) is 0 Å². The number of hydrogen-bond acceptors (Lipinski definition) is 6. The first-order valence-corrected chi connectivity index (χ1v) is 8.88. The molecule has 8 heteroatoms. The number of fused-ring (bicyclic) bond motifs is 1. The number of nitrogens with zero attached hydrogens (tertiary/aromatic N) is 5. The normalized spacial score (nSPS) is 10.8. The Kier molecular flexibility index (Phi) is 6.63. The third-order valence-corrected chi connectivity index (χ3v) is 5.15. The second kappa shape index (κ2) is 8.53. The predicted octanol–water partition coefficient (Wildman–Crippen LogP) is 3.33. The van der Waals surface area contributed by atoms with Crippen molar-refractivity contribution < 1.29 is 4.79 Å². The fourth-order valence-electron chi connectivity index (χ4n) is 2.46. The molecule has 2 aromatic heterocycles. The van der Waals surface area contributed by atoms with Gasteiger partial charge in [-0.05, 0) is 45.1 Å². The summed E-state index contributed by atoms with van der Waals surface area (Å²) in [5.41, 5.74) is 3.64. The second-order valence-electron chi connectivity index (χ2n) is 6.20. The van der Waals surface area contributed by atoms with Crippen molar-refractivity contribution in [3.63, 3.8) is 0 Å². The first-order valence-electron chi connectivity index (χ1n) is 8.06. The van der Waals surface area contributed by atoms with Gasteiger partial charge in [0, 0.05) is 25.5 Å². The summed E-state index contributed by atoms with van der Waals surface area (Å²) >= 11 is 1.53. The lowest BCUT2D eigenvalue weighted by Crippen LogP contribution is -2.37. The zero-order chi connectivity index (χ0) is 18.0. The lowest BCUT2D eigenvalue weighted by atomic mass is 10.1. The van der Waals surface area contributed by atoms with E-state index in [-0.39, 0.29) is 18.3 Å². The van der Waals surface area contributed by atoms with Crippen LogP contribution in [0.3, 0.4) is 0 Å². The fourth-order valence-corrected chi connectivity index (χ4v) is 3.51. The third kappa shape index (κ3) is 4.17. The minimum absolute atomic E-state index is 0. The van der Waals surface area contributed by atoms with E-state index < -0.39 is 0 Å². The number of halogens is 1. The summed E-state index contributed by atoms with van der Waals surface area (Å²) in [5, 5.41) is 0.696. The van der Waals surface area contributed by atoms with Gasteiger partial charge in [0.25, 0.3) is 5.91 Å². The van der Waals surface area contributed by atoms with Crippen molar-refractivity contribution in [2.75, 3.05) is 32.1 Å². The summed E-state index contributed by atoms with van der Waals surface area (Å²) in [5.74, 6) is -0.177. The maximum atomic E-state index is 13.0. The monoisotopic (exact) mass is 391 g/mol. The Morgan fingerprint density at radius 1 is 1.15 bits per heavy atom. The molecule has 3 rings (SSSR count). The number of thiazole rings is 1. The largest absolute Gasteiger partial charge is 0.308 e. The van der Waals surface area contributed by atoms with Gasteiger partial charge >= 0.3 is 0 Å². The number of likely N-dealkylation sites (N-methyl/N-ethyl adjacent to an activating group) is 1. The van der Waals surface area contributed by atoms with E-state index in [0.29, 0.717) is 17.4 Å². The number of amides is 1. The number of carbonyl (C=O) groups excluding carboxylic acids is 1. The maximum absolute atomic E-state index is 13.0. The van der Waals surface area contributed by atoms with Crippen LogP contribution in [0.1, 0.15) is 21.6 Å². The van der Waals surface area contributed by atoms with Crippen molar-refractivity contribution in [1.29, 1.82) is 0 Å². The van der Waals surface area contributed by atoms with E-state index in [1.807, 2.05) is 19.0 Å². The number of anilines is 1. The van der Waals surface area contributed by atoms with Crippen LogP contribution in [0.4, 0.5) is 5.13 Å². The van der Waals surface area contributed by atoms with Crippen molar-refractivity contribution in [2.24, 2.45) is 0 Å². The molecule has 0 spiro atoms. The Hall–Kier alpha value is -2.09. The molecule has 0 bridgehead atoms. The van der Waals surface area contributed by atoms with Crippen LogP contribution in [-0.2, 0) is 0 Å². The standard InChI is InChI=1S/C18H21N5OS.ClH/c1-12-5-6-15-16(13(12)2)21-18(25-15)23(10-9-22(3)4)17(24)14-11-19-7-8-20-14;/h5-8,11H,9-10H2,1-4H3;1H. The Balaban J connectivity index is 0.00000243. The van der Waals surface area contributed by atoms with E-state index in [1.54, 1.807) is 11.1 Å². The Morgan fingerprint density at radius 3 is 2.58 bits per heavy atom. The van der Waals surface area contributed by atoms with Crippen LogP contribution in [0.2, 0.25) is 0 Å². The molecular weight excluding hydrogens is 370 g/mol. The van der Waals surface area contributed by atoms with Gasteiger partial charge in [-0.1, -0.05) is 17.4 Å². The van der Waals surface area contributed by atoms with E-state index in [9.17, 15) is 4.79 Å². The van der Waals surface area contributed by atoms with Gasteiger partial charge in [0.1, 0.15) is 5.69 Å². The minimum Gasteiger partial charge on any atom is -0.308 e. The quantitative estimate of drug-likeness (QED) is 0.667. The van der Waals surface area contributed by atoms with Crippen LogP contribution >= 0.6 is 23.7 Å². The van der Waals surface area contributed by atoms with Gasteiger partial charge in [-0.25, -0.2) is 9.97 Å². The maximum Gasteiger partial charge on any atom is 0.280 e. The molecular formula is C18H22ClN5OS. The second-order valence-corrected chi connectivity index (χ2v) is 7.21. The molecule has 0 aliphatic carbocycles. The van der Waals surface area contributed by atoms with Gasteiger partial charge in [0.05, 0.1) is 16.4 Å². The number of aromatic nitrogens is 3. The molecule has 1 aromatic carbocycles. The zero-order valence-electron chi connectivity index (χ0n) is 15.3. The molecule has 0 radical (unpaired) electrons. The van der Waals surface area contributed by atoms with Crippen LogP contribution in [0.15, 0.2) is 30.7 Å². The highest BCUT2D eigenvalue weighted by Gasteiger charge is 2.23. The van der Waals surface area contributed by atoms with Gasteiger partial charge in [-0.15, -0.1) is 12.4 Å². The summed E-state index contributed by atoms with van der Waals surface area (Å²) in [6.45, 7) is 5.42. The number of benzene rings is 1. The van der Waals surface area contributed by atoms with Gasteiger partial charge in [-0.2, -0.15) is 0 Å². The summed E-state index contributed by atoms with van der Waals surface area (Å²) in [4.78, 5) is 29.6. The molecule has 0 N–H and O–H groups in total. The first-order chi connectivity index (χ1) is 12.0. The lowest BCUT2D eigenvalue weighted by molar-refractivity contribution is 0.0980. The molecule has 3 aromatic rings. The molecule has 6 nitrogen and oxygen atoms in total. The van der Waals surface area contributed by atoms with Crippen molar-refractivity contribution >= 4 is 45.0 Å². The van der Waals surface area contributed by atoms with Crippen LogP contribution in [-0.4, -0.2) is 52.9 Å². The van der Waals surface area contributed by atoms with Crippen molar-refractivity contribution in [3.8, 4) is 0 Å². The minimum atomic E-state index is -0.177. The van der Waals surface area contributed by atoms with Crippen LogP contribution in [0.25, 0.3) is 10.2 Å². The summed E-state index contributed by atoms with van der Waals surface area (Å²) in [7, 11) is 3.97. The Morgan fingerprint density at radius 2 is 1.92 bits per heavy atom. The molecule has 1 amide bonds. The Labute approximate surface area is 163 Å². The summed E-state index contributed by atoms with van der Waals surface area (Å²) < 4.78 is 1.08. The molecule has 0 saturated heterocycles. The summed E-state index contributed by atoms with van der Waals surface area (Å²) in [6, 6.07) is 4.16. The Bertz CT molecular complexity index is 897. The molecule has 0 unspecified atom stereocenters. The molecule has 138 valence electrons. The highest BCUT2D eigenvalue weighted by Crippen LogP contribution is 2.32. The number of aryl methyl sites for hydroxylation is 2. The van der Waals surface area contributed by atoms with Crippen LogP contribution in [0, 0.1) is 13.8 Å². The topological polar surface area (TPSA) is 62.2 Å². The van der Waals surface area contributed by atoms with E-state index in [1.165, 1.54) is 29.3 Å². The van der Waals surface area contributed by atoms with Crippen molar-refractivity contribution in [1.82, 2.24) is 19.9 Å². The van der Waals surface area contributed by atoms with Gasteiger partial charge < -0.3 is 4.90 Å². The average molecular weight is 392 g/mol. The molecule has 0 aliphatic heterocycles. The fraction of sp³-hybridized carbons (Fsp3) is 0.333. The number of hydrogen-bond donors (Lipinski definition) is 0. The summed E-state index contributed by atoms with van der Waals surface area (Å²) in [6.07, 6.45) is 4.59. The smallest absolute Gasteiger partial charge is 0.280 e. The van der Waals surface area contributed by atoms with Crippen LogP contribution in [0.5, 0.6) is 0 Å². The van der Waals surface area contributed by atoms with E-state index >= 15 is 0 Å². The molecule has 0 atom stereocenters. The third-order valence-electron chi connectivity index (χ3n) is 4.10. The lowest BCUT2D eigenvalue weighted by Gasteiger charge is -2.21. The SMILES string of the molecule is Cc1ccc2sc(N(CCN(C)C)C(=O)c3cnccn3)nc2c1C.Cl. The number of rotatable bonds is 5. The molecule has 0 fully saturated rings. The van der Waals surface area contributed by atoms with Gasteiger partial charge in [-0.3, -0.25) is 14.7 Å². The first kappa shape index (κ1) is 20.2. The number of carbonyl (C=O) groups is 1. The van der Waals surface area contributed by atoms with E-state index in [4.69, 9.17) is 4.98 Å². The average Bonchev–Trinajstić information content (AvgIpc) is 3.03. The molecule has 0 saturated carbocycles. The molecule has 2 heterocycles. The highest BCUT2D eigenvalue weighted by molar-refractivity contribution is 7.22. The van der Waals surface area contributed by atoms with E-state index in [2.05, 4.69) is 35.9 Å². The van der Waals surface area contributed by atoms with Crippen LogP contribution < -0.4 is 4.90 Å². The molecule has 0 aliphatic rings. The predicted molar refractivity (Wildman–Crippen MR) is 109 cm³/mol. The van der Waals surface area contributed by atoms with Crippen molar-refractivity contribution in [2.45, 2.75) is 13.8 Å².